The molecule has 2 aromatic rings. The van der Waals surface area contributed by atoms with E-state index in [1.54, 1.807) is 12.1 Å². The summed E-state index contributed by atoms with van der Waals surface area (Å²) in [6, 6.07) is 8.61. The number of hydrogen-bond acceptors (Lipinski definition) is 6. The van der Waals surface area contributed by atoms with Crippen molar-refractivity contribution in [3.05, 3.63) is 47.8 Å². The standard InChI is InChI=1S/C18H19FN4O3S/c19-13-4-1-3-12(9-13)18(25)21-15-6-7-17(23-22-15)27-11-16(24)20-10-14-5-2-8-26-14/h1,3-4,6-7,9,14H,2,5,8,10-11H2,(H,20,24)(H,21,22,25)/t14-/m0/s1. The molecule has 2 N–H and O–H groups in total. The van der Waals surface area contributed by atoms with Crippen molar-refractivity contribution in [2.24, 2.45) is 0 Å². The Morgan fingerprint density at radius 2 is 2.15 bits per heavy atom. The highest BCUT2D eigenvalue weighted by Gasteiger charge is 2.16. The van der Waals surface area contributed by atoms with Gasteiger partial charge in [-0.15, -0.1) is 10.2 Å². The number of benzene rings is 1. The number of thioether (sulfide) groups is 1. The summed E-state index contributed by atoms with van der Waals surface area (Å²) in [6.45, 7) is 1.28. The molecule has 1 aliphatic rings. The molecule has 1 aromatic carbocycles. The normalized spacial score (nSPS) is 16.1. The maximum absolute atomic E-state index is 13.2. The van der Waals surface area contributed by atoms with Gasteiger partial charge in [0.2, 0.25) is 5.91 Å². The smallest absolute Gasteiger partial charge is 0.256 e. The summed E-state index contributed by atoms with van der Waals surface area (Å²) in [5.74, 6) is -0.593. The number of anilines is 1. The molecule has 0 bridgehead atoms. The van der Waals surface area contributed by atoms with Gasteiger partial charge in [0, 0.05) is 18.7 Å². The third-order valence-corrected chi connectivity index (χ3v) is 4.79. The Labute approximate surface area is 160 Å². The fourth-order valence-corrected chi connectivity index (χ4v) is 3.15. The average Bonchev–Trinajstić information content (AvgIpc) is 3.19. The van der Waals surface area contributed by atoms with Crippen molar-refractivity contribution < 1.29 is 18.7 Å². The number of carbonyl (C=O) groups is 2. The molecule has 27 heavy (non-hydrogen) atoms. The topological polar surface area (TPSA) is 93.2 Å². The Balaban J connectivity index is 1.44. The summed E-state index contributed by atoms with van der Waals surface area (Å²) in [7, 11) is 0. The molecule has 9 heteroatoms. The number of nitrogens with one attached hydrogen (secondary N) is 2. The predicted octanol–water partition coefficient (Wildman–Crippen LogP) is 2.26. The lowest BCUT2D eigenvalue weighted by Crippen LogP contribution is -2.32. The van der Waals surface area contributed by atoms with E-state index in [0.717, 1.165) is 25.5 Å². The van der Waals surface area contributed by atoms with Crippen LogP contribution in [-0.4, -0.2) is 47.0 Å². The lowest BCUT2D eigenvalue weighted by atomic mass is 10.2. The van der Waals surface area contributed by atoms with E-state index in [9.17, 15) is 14.0 Å². The van der Waals surface area contributed by atoms with Crippen LogP contribution in [0.4, 0.5) is 10.2 Å². The molecule has 1 saturated heterocycles. The van der Waals surface area contributed by atoms with Gasteiger partial charge in [0.25, 0.3) is 5.91 Å². The third kappa shape index (κ3) is 6.00. The molecular weight excluding hydrogens is 371 g/mol. The van der Waals surface area contributed by atoms with E-state index in [0.29, 0.717) is 11.6 Å². The Bertz CT molecular complexity index is 797. The molecule has 0 spiro atoms. The number of nitrogens with zero attached hydrogens (tertiary/aromatic N) is 2. The first-order valence-electron chi connectivity index (χ1n) is 8.52. The Hall–Kier alpha value is -2.52. The van der Waals surface area contributed by atoms with Crippen LogP contribution in [0.15, 0.2) is 41.4 Å². The summed E-state index contributed by atoms with van der Waals surface area (Å²) in [6.07, 6.45) is 2.12. The van der Waals surface area contributed by atoms with Crippen LogP contribution in [0.2, 0.25) is 0 Å². The molecule has 2 amide bonds. The molecule has 3 rings (SSSR count). The minimum atomic E-state index is -0.488. The van der Waals surface area contributed by atoms with Gasteiger partial charge in [-0.1, -0.05) is 17.8 Å². The van der Waals surface area contributed by atoms with Gasteiger partial charge in [-0.2, -0.15) is 0 Å². The van der Waals surface area contributed by atoms with Crippen LogP contribution in [0.3, 0.4) is 0 Å². The van der Waals surface area contributed by atoms with Gasteiger partial charge in [0.15, 0.2) is 5.82 Å². The van der Waals surface area contributed by atoms with Crippen LogP contribution in [0.5, 0.6) is 0 Å². The van der Waals surface area contributed by atoms with Gasteiger partial charge >= 0.3 is 0 Å². The SMILES string of the molecule is O=C(CSc1ccc(NC(=O)c2cccc(F)c2)nn1)NC[C@@H]1CCCO1. The minimum Gasteiger partial charge on any atom is -0.376 e. The maximum atomic E-state index is 13.2. The number of ether oxygens (including phenoxy) is 1. The molecule has 1 atom stereocenters. The zero-order valence-corrected chi connectivity index (χ0v) is 15.3. The summed E-state index contributed by atoms with van der Waals surface area (Å²) in [5.41, 5.74) is 0.193. The van der Waals surface area contributed by atoms with Crippen LogP contribution in [0.1, 0.15) is 23.2 Å². The van der Waals surface area contributed by atoms with Crippen LogP contribution < -0.4 is 10.6 Å². The largest absolute Gasteiger partial charge is 0.376 e. The number of rotatable bonds is 7. The van der Waals surface area contributed by atoms with Crippen LogP contribution in [0.25, 0.3) is 0 Å². The number of carbonyl (C=O) groups excluding carboxylic acids is 2. The summed E-state index contributed by atoms with van der Waals surface area (Å²) < 4.78 is 18.6. The molecule has 142 valence electrons. The Morgan fingerprint density at radius 3 is 2.85 bits per heavy atom. The molecular formula is C18H19FN4O3S. The lowest BCUT2D eigenvalue weighted by Gasteiger charge is -2.10. The quantitative estimate of drug-likeness (QED) is 0.705. The highest BCUT2D eigenvalue weighted by atomic mass is 32.2. The highest BCUT2D eigenvalue weighted by Crippen LogP contribution is 2.16. The number of halogens is 1. The number of hydrogen-bond donors (Lipinski definition) is 2. The van der Waals surface area contributed by atoms with Crippen molar-refractivity contribution in [1.82, 2.24) is 15.5 Å². The summed E-state index contributed by atoms with van der Waals surface area (Å²) >= 11 is 1.25. The van der Waals surface area contributed by atoms with Crippen molar-refractivity contribution in [3.8, 4) is 0 Å². The fourth-order valence-electron chi connectivity index (χ4n) is 2.51. The molecule has 2 heterocycles. The molecule has 1 aliphatic heterocycles. The molecule has 0 unspecified atom stereocenters. The number of amides is 2. The molecule has 7 nitrogen and oxygen atoms in total. The van der Waals surface area contributed by atoms with E-state index in [2.05, 4.69) is 20.8 Å². The van der Waals surface area contributed by atoms with Crippen LogP contribution in [0, 0.1) is 5.82 Å². The van der Waals surface area contributed by atoms with Crippen molar-refractivity contribution in [2.75, 3.05) is 24.2 Å². The van der Waals surface area contributed by atoms with Gasteiger partial charge in [-0.25, -0.2) is 4.39 Å². The maximum Gasteiger partial charge on any atom is 0.256 e. The van der Waals surface area contributed by atoms with Gasteiger partial charge in [-0.05, 0) is 43.2 Å². The van der Waals surface area contributed by atoms with E-state index in [1.165, 1.54) is 30.0 Å². The Kier molecular flexibility index (Phi) is 6.72. The Morgan fingerprint density at radius 1 is 1.26 bits per heavy atom. The zero-order valence-electron chi connectivity index (χ0n) is 14.5. The number of aromatic nitrogens is 2. The van der Waals surface area contributed by atoms with Gasteiger partial charge in [0.05, 0.1) is 11.9 Å². The minimum absolute atomic E-state index is 0.0965. The predicted molar refractivity (Wildman–Crippen MR) is 99.1 cm³/mol. The molecule has 0 aliphatic carbocycles. The van der Waals surface area contributed by atoms with Crippen molar-refractivity contribution in [2.45, 2.75) is 24.0 Å². The first-order chi connectivity index (χ1) is 13.1. The fraction of sp³-hybridized carbons (Fsp3) is 0.333. The first-order valence-corrected chi connectivity index (χ1v) is 9.50. The average molecular weight is 390 g/mol. The highest BCUT2D eigenvalue weighted by molar-refractivity contribution is 7.99. The second-order valence-electron chi connectivity index (χ2n) is 5.95. The first kappa shape index (κ1) is 19.2. The summed E-state index contributed by atoms with van der Waals surface area (Å²) in [4.78, 5) is 23.9. The molecule has 1 fully saturated rings. The second-order valence-corrected chi connectivity index (χ2v) is 6.94. The zero-order chi connectivity index (χ0) is 19.1. The lowest BCUT2D eigenvalue weighted by molar-refractivity contribution is -0.119. The van der Waals surface area contributed by atoms with Crippen LogP contribution >= 0.6 is 11.8 Å². The van der Waals surface area contributed by atoms with Gasteiger partial charge in [-0.3, -0.25) is 9.59 Å². The van der Waals surface area contributed by atoms with E-state index in [1.807, 2.05) is 0 Å². The summed E-state index contributed by atoms with van der Waals surface area (Å²) in [5, 5.41) is 13.8. The van der Waals surface area contributed by atoms with Gasteiger partial charge < -0.3 is 15.4 Å². The third-order valence-electron chi connectivity index (χ3n) is 3.87. The van der Waals surface area contributed by atoms with Crippen LogP contribution in [-0.2, 0) is 9.53 Å². The van der Waals surface area contributed by atoms with Gasteiger partial charge in [0.1, 0.15) is 10.8 Å². The molecule has 0 saturated carbocycles. The van der Waals surface area contributed by atoms with Crippen molar-refractivity contribution in [3.63, 3.8) is 0 Å². The van der Waals surface area contributed by atoms with E-state index in [-0.39, 0.29) is 29.1 Å². The van der Waals surface area contributed by atoms with E-state index in [4.69, 9.17) is 4.74 Å². The second kappa shape index (κ2) is 9.43. The molecule has 0 radical (unpaired) electrons. The van der Waals surface area contributed by atoms with Crippen molar-refractivity contribution in [1.29, 1.82) is 0 Å². The molecule has 1 aromatic heterocycles. The van der Waals surface area contributed by atoms with E-state index >= 15 is 0 Å². The van der Waals surface area contributed by atoms with E-state index < -0.39 is 11.7 Å². The van der Waals surface area contributed by atoms with Crippen molar-refractivity contribution >= 4 is 29.4 Å². The monoisotopic (exact) mass is 390 g/mol.